The summed E-state index contributed by atoms with van der Waals surface area (Å²) >= 11 is 0. The van der Waals surface area contributed by atoms with Crippen LogP contribution in [0.3, 0.4) is 0 Å². The highest BCUT2D eigenvalue weighted by Crippen LogP contribution is 2.28. The van der Waals surface area contributed by atoms with Crippen molar-refractivity contribution < 1.29 is 4.79 Å². The first-order valence-corrected chi connectivity index (χ1v) is 4.55. The molecule has 0 fully saturated rings. The van der Waals surface area contributed by atoms with Crippen LogP contribution in [0.1, 0.15) is 32.1 Å². The van der Waals surface area contributed by atoms with Crippen molar-refractivity contribution in [2.75, 3.05) is 0 Å². The third-order valence-corrected chi connectivity index (χ3v) is 2.69. The van der Waals surface area contributed by atoms with E-state index in [1.807, 2.05) is 0 Å². The van der Waals surface area contributed by atoms with Crippen molar-refractivity contribution in [2.24, 2.45) is 5.73 Å². The quantitative estimate of drug-likeness (QED) is 0.555. The molecule has 1 atom stereocenters. The summed E-state index contributed by atoms with van der Waals surface area (Å²) in [7, 11) is 0. The van der Waals surface area contributed by atoms with Crippen LogP contribution in [-0.4, -0.2) is 11.9 Å². The van der Waals surface area contributed by atoms with Crippen LogP contribution in [0.2, 0.25) is 0 Å². The number of nitrogens with two attached hydrogens (primary N) is 1. The fraction of sp³-hybridized carbons (Fsp3) is 0.667. The van der Waals surface area contributed by atoms with E-state index in [0.29, 0.717) is 6.42 Å². The van der Waals surface area contributed by atoms with Gasteiger partial charge < -0.3 is 11.1 Å². The number of hydrogen-bond acceptors (Lipinski definition) is 2. The second-order valence-electron chi connectivity index (χ2n) is 3.55. The van der Waals surface area contributed by atoms with Crippen molar-refractivity contribution in [3.63, 3.8) is 0 Å². The van der Waals surface area contributed by atoms with Crippen LogP contribution < -0.4 is 11.1 Å². The van der Waals surface area contributed by atoms with E-state index in [1.165, 1.54) is 5.57 Å². The molecule has 3 nitrogen and oxygen atoms in total. The molecule has 0 aromatic rings. The maximum Gasteiger partial charge on any atom is 0.224 e. The lowest BCUT2D eigenvalue weighted by Gasteiger charge is -2.29. The fourth-order valence-electron chi connectivity index (χ4n) is 2.02. The van der Waals surface area contributed by atoms with Gasteiger partial charge >= 0.3 is 0 Å². The smallest absolute Gasteiger partial charge is 0.224 e. The van der Waals surface area contributed by atoms with Crippen molar-refractivity contribution in [1.29, 1.82) is 0 Å². The zero-order chi connectivity index (χ0) is 8.55. The molecular formula is C9H14N2O. The fourth-order valence-corrected chi connectivity index (χ4v) is 2.02. The van der Waals surface area contributed by atoms with E-state index in [2.05, 4.69) is 5.32 Å². The molecule has 66 valence electrons. The van der Waals surface area contributed by atoms with Gasteiger partial charge in [-0.2, -0.15) is 0 Å². The summed E-state index contributed by atoms with van der Waals surface area (Å²) in [5.74, 6) is 0.155. The molecule has 0 saturated carbocycles. The van der Waals surface area contributed by atoms with Crippen LogP contribution in [0, 0.1) is 0 Å². The first-order chi connectivity index (χ1) is 5.77. The average Bonchev–Trinajstić information content (AvgIpc) is 2.04. The number of carbonyl (C=O) groups is 1. The Morgan fingerprint density at radius 2 is 2.17 bits per heavy atom. The minimum atomic E-state index is 0.155. The van der Waals surface area contributed by atoms with Gasteiger partial charge in [0.1, 0.15) is 0 Å². The Hall–Kier alpha value is -0.830. The number of amides is 1. The molecule has 0 bridgehead atoms. The van der Waals surface area contributed by atoms with Gasteiger partial charge in [0, 0.05) is 18.2 Å². The van der Waals surface area contributed by atoms with Crippen LogP contribution in [-0.2, 0) is 4.79 Å². The summed E-state index contributed by atoms with van der Waals surface area (Å²) in [6.45, 7) is 0. The first kappa shape index (κ1) is 7.80. The highest BCUT2D eigenvalue weighted by Gasteiger charge is 2.24. The van der Waals surface area contributed by atoms with E-state index in [4.69, 9.17) is 5.73 Å². The largest absolute Gasteiger partial charge is 0.330 e. The maximum absolute atomic E-state index is 11.0. The maximum atomic E-state index is 11.0. The average molecular weight is 166 g/mol. The van der Waals surface area contributed by atoms with Gasteiger partial charge in [0.15, 0.2) is 0 Å². The minimum absolute atomic E-state index is 0.155. The van der Waals surface area contributed by atoms with E-state index in [9.17, 15) is 4.79 Å². The summed E-state index contributed by atoms with van der Waals surface area (Å²) in [5.41, 5.74) is 8.33. The monoisotopic (exact) mass is 166 g/mol. The Kier molecular flexibility index (Phi) is 1.89. The molecule has 0 radical (unpaired) electrons. The molecule has 1 unspecified atom stereocenters. The van der Waals surface area contributed by atoms with Gasteiger partial charge in [-0.15, -0.1) is 0 Å². The highest BCUT2D eigenvalue weighted by molar-refractivity contribution is 5.79. The summed E-state index contributed by atoms with van der Waals surface area (Å²) in [6.07, 6.45) is 4.69. The zero-order valence-electron chi connectivity index (χ0n) is 7.10. The molecule has 1 aliphatic heterocycles. The second kappa shape index (κ2) is 2.90. The van der Waals surface area contributed by atoms with Crippen molar-refractivity contribution in [1.82, 2.24) is 5.32 Å². The molecule has 0 spiro atoms. The van der Waals surface area contributed by atoms with Crippen LogP contribution in [0.5, 0.6) is 0 Å². The lowest BCUT2D eigenvalue weighted by Crippen LogP contribution is -2.37. The van der Waals surface area contributed by atoms with Gasteiger partial charge in [-0.1, -0.05) is 0 Å². The predicted molar refractivity (Wildman–Crippen MR) is 46.2 cm³/mol. The molecule has 0 aromatic heterocycles. The summed E-state index contributed by atoms with van der Waals surface area (Å²) in [5, 5.41) is 2.91. The molecule has 1 amide bonds. The van der Waals surface area contributed by atoms with E-state index in [1.54, 1.807) is 0 Å². The van der Waals surface area contributed by atoms with Crippen molar-refractivity contribution in [3.8, 4) is 0 Å². The lowest BCUT2D eigenvalue weighted by molar-refractivity contribution is -0.120. The van der Waals surface area contributed by atoms with Gasteiger partial charge in [0.25, 0.3) is 0 Å². The minimum Gasteiger partial charge on any atom is -0.330 e. The molecular weight excluding hydrogens is 152 g/mol. The van der Waals surface area contributed by atoms with Crippen LogP contribution in [0.25, 0.3) is 0 Å². The predicted octanol–water partition coefficient (Wildman–Crippen LogP) is 0.662. The number of carbonyl (C=O) groups excluding carboxylic acids is 1. The SMILES string of the molecule is NC1CCCC2=C1CCC(=O)N2. The summed E-state index contributed by atoms with van der Waals surface area (Å²) < 4.78 is 0. The normalized spacial score (nSPS) is 29.8. The second-order valence-corrected chi connectivity index (χ2v) is 3.55. The summed E-state index contributed by atoms with van der Waals surface area (Å²) in [4.78, 5) is 11.0. The number of hydrogen-bond donors (Lipinski definition) is 2. The molecule has 12 heavy (non-hydrogen) atoms. The Morgan fingerprint density at radius 3 is 3.00 bits per heavy atom. The van der Waals surface area contributed by atoms with Crippen LogP contribution in [0.15, 0.2) is 11.3 Å². The molecule has 2 rings (SSSR count). The Bertz CT molecular complexity index is 245. The number of nitrogens with one attached hydrogen (secondary N) is 1. The van der Waals surface area contributed by atoms with Gasteiger partial charge in [-0.3, -0.25) is 4.79 Å². The van der Waals surface area contributed by atoms with Crippen LogP contribution in [0.4, 0.5) is 0 Å². The van der Waals surface area contributed by atoms with Crippen molar-refractivity contribution in [3.05, 3.63) is 11.3 Å². The topological polar surface area (TPSA) is 55.1 Å². The molecule has 3 heteroatoms. The zero-order valence-corrected chi connectivity index (χ0v) is 7.10. The Labute approximate surface area is 72.0 Å². The van der Waals surface area contributed by atoms with Gasteiger partial charge in [-0.25, -0.2) is 0 Å². The van der Waals surface area contributed by atoms with Gasteiger partial charge in [0.2, 0.25) is 5.91 Å². The molecule has 0 aromatic carbocycles. The molecule has 2 aliphatic rings. The van der Waals surface area contributed by atoms with E-state index in [-0.39, 0.29) is 11.9 Å². The molecule has 1 heterocycles. The molecule has 1 aliphatic carbocycles. The first-order valence-electron chi connectivity index (χ1n) is 4.55. The summed E-state index contributed by atoms with van der Waals surface area (Å²) in [6, 6.07) is 0.203. The third kappa shape index (κ3) is 1.25. The van der Waals surface area contributed by atoms with Crippen LogP contribution >= 0.6 is 0 Å². The highest BCUT2D eigenvalue weighted by atomic mass is 16.1. The third-order valence-electron chi connectivity index (χ3n) is 2.69. The Morgan fingerprint density at radius 1 is 1.33 bits per heavy atom. The lowest BCUT2D eigenvalue weighted by atomic mass is 9.87. The standard InChI is InChI=1S/C9H14N2O/c10-7-2-1-3-8-6(7)4-5-9(12)11-8/h7H,1-5,10H2,(H,11,12). The number of allylic oxidation sites excluding steroid dienone is 1. The number of rotatable bonds is 0. The van der Waals surface area contributed by atoms with Crippen molar-refractivity contribution in [2.45, 2.75) is 38.1 Å². The van der Waals surface area contributed by atoms with Crippen molar-refractivity contribution >= 4 is 5.91 Å². The van der Waals surface area contributed by atoms with Gasteiger partial charge in [-0.05, 0) is 31.3 Å². The Balaban J connectivity index is 2.24. The van der Waals surface area contributed by atoms with E-state index in [0.717, 1.165) is 31.4 Å². The van der Waals surface area contributed by atoms with Gasteiger partial charge in [0.05, 0.1) is 0 Å². The molecule has 0 saturated heterocycles. The molecule has 3 N–H and O–H groups in total. The van der Waals surface area contributed by atoms with E-state index >= 15 is 0 Å². The van der Waals surface area contributed by atoms with E-state index < -0.39 is 0 Å².